The third kappa shape index (κ3) is 10.1. The van der Waals surface area contributed by atoms with Crippen molar-refractivity contribution < 1.29 is 42.4 Å². The molecular formula is C30H38N2O9. The Labute approximate surface area is 239 Å². The molecule has 3 aromatic rings. The van der Waals surface area contributed by atoms with Gasteiger partial charge in [-0.15, -0.1) is 0 Å². The fraction of sp³-hybridized carbons (Fsp3) is 0.467. The van der Waals surface area contributed by atoms with E-state index >= 15 is 0 Å². The normalized spacial score (nSPS) is 17.0. The van der Waals surface area contributed by atoms with Gasteiger partial charge in [-0.1, -0.05) is 12.1 Å². The van der Waals surface area contributed by atoms with Crippen LogP contribution in [0.1, 0.15) is 17.3 Å². The smallest absolute Gasteiger partial charge is 0.340 e. The highest BCUT2D eigenvalue weighted by Crippen LogP contribution is 2.31. The van der Waals surface area contributed by atoms with Crippen LogP contribution in [0.5, 0.6) is 0 Å². The number of ether oxygens (including phenoxy) is 6. The lowest BCUT2D eigenvalue weighted by Gasteiger charge is -2.25. The summed E-state index contributed by atoms with van der Waals surface area (Å²) in [4.78, 5) is 25.2. The molecule has 11 nitrogen and oxygen atoms in total. The second kappa shape index (κ2) is 16.7. The standard InChI is InChI=1S/C30H38N2O9/c1-23(33)39-22-40-30(34)25-4-2-24(3-5-25)28-20-26-6-7-27(21-29(26)41-28)32-10-14-37-18-16-35-12-8-31-9-13-36-17-19-38-15-11-32/h2-7,20-21,31H,8-19,22H2,1H3. The van der Waals surface area contributed by atoms with Gasteiger partial charge in [-0.2, -0.15) is 0 Å². The van der Waals surface area contributed by atoms with Crippen LogP contribution < -0.4 is 10.2 Å². The third-order valence-electron chi connectivity index (χ3n) is 6.33. The van der Waals surface area contributed by atoms with E-state index in [9.17, 15) is 9.59 Å². The van der Waals surface area contributed by atoms with Gasteiger partial charge in [0, 0.05) is 55.8 Å². The first-order valence-electron chi connectivity index (χ1n) is 13.8. The lowest BCUT2D eigenvalue weighted by molar-refractivity contribution is -0.149. The molecule has 1 aliphatic rings. The summed E-state index contributed by atoms with van der Waals surface area (Å²) in [6.45, 7) is 8.35. The Morgan fingerprint density at radius 3 is 2.05 bits per heavy atom. The van der Waals surface area contributed by atoms with Crippen LogP contribution in [0.2, 0.25) is 0 Å². The highest BCUT2D eigenvalue weighted by atomic mass is 16.7. The first-order valence-corrected chi connectivity index (χ1v) is 13.8. The Morgan fingerprint density at radius 1 is 0.780 bits per heavy atom. The molecule has 0 radical (unpaired) electrons. The Kier molecular flexibility index (Phi) is 12.4. The number of fused-ring (bicyclic) bond motifs is 1. The van der Waals surface area contributed by atoms with Crippen molar-refractivity contribution in [2.75, 3.05) is 90.7 Å². The molecule has 11 heteroatoms. The van der Waals surface area contributed by atoms with E-state index in [1.165, 1.54) is 6.92 Å². The number of furan rings is 1. The molecule has 1 N–H and O–H groups in total. The minimum atomic E-state index is -0.577. The summed E-state index contributed by atoms with van der Waals surface area (Å²) in [5, 5.41) is 4.24. The van der Waals surface area contributed by atoms with Gasteiger partial charge in [-0.05, 0) is 30.3 Å². The molecule has 0 spiro atoms. The first-order chi connectivity index (χ1) is 20.1. The van der Waals surface area contributed by atoms with Gasteiger partial charge in [-0.3, -0.25) is 4.79 Å². The Morgan fingerprint density at radius 2 is 1.41 bits per heavy atom. The number of nitrogens with one attached hydrogen (secondary N) is 1. The quantitative estimate of drug-likeness (QED) is 0.360. The number of rotatable bonds is 5. The lowest BCUT2D eigenvalue weighted by Crippen LogP contribution is -2.32. The van der Waals surface area contributed by atoms with Gasteiger partial charge in [0.2, 0.25) is 6.79 Å². The molecule has 1 saturated heterocycles. The molecule has 0 saturated carbocycles. The van der Waals surface area contributed by atoms with Crippen molar-refractivity contribution in [3.63, 3.8) is 0 Å². The lowest BCUT2D eigenvalue weighted by atomic mass is 10.1. The van der Waals surface area contributed by atoms with Crippen LogP contribution in [0, 0.1) is 0 Å². The molecule has 0 bridgehead atoms. The topological polar surface area (TPSA) is 118 Å². The number of benzene rings is 2. The summed E-state index contributed by atoms with van der Waals surface area (Å²) in [5.74, 6) is -0.415. The van der Waals surface area contributed by atoms with Gasteiger partial charge < -0.3 is 43.1 Å². The summed E-state index contributed by atoms with van der Waals surface area (Å²) in [7, 11) is 0. The molecule has 2 heterocycles. The number of anilines is 1. The molecule has 1 aromatic heterocycles. The number of hydrogen-bond acceptors (Lipinski definition) is 11. The van der Waals surface area contributed by atoms with Gasteiger partial charge >= 0.3 is 11.9 Å². The Hall–Kier alpha value is -3.48. The molecule has 0 aliphatic carbocycles. The maximum Gasteiger partial charge on any atom is 0.340 e. The van der Waals surface area contributed by atoms with E-state index < -0.39 is 18.7 Å². The van der Waals surface area contributed by atoms with E-state index in [2.05, 4.69) is 21.0 Å². The zero-order chi connectivity index (χ0) is 28.7. The summed E-state index contributed by atoms with van der Waals surface area (Å²) in [5.41, 5.74) is 2.92. The predicted molar refractivity (Wildman–Crippen MR) is 152 cm³/mol. The van der Waals surface area contributed by atoms with Crippen LogP contribution in [-0.2, 0) is 33.2 Å². The largest absolute Gasteiger partial charge is 0.456 e. The monoisotopic (exact) mass is 570 g/mol. The number of hydrogen-bond donors (Lipinski definition) is 1. The number of nitrogens with zero attached hydrogens (tertiary/aromatic N) is 1. The molecule has 4 rings (SSSR count). The highest BCUT2D eigenvalue weighted by molar-refractivity contribution is 5.90. The van der Waals surface area contributed by atoms with Crippen LogP contribution in [0.3, 0.4) is 0 Å². The van der Waals surface area contributed by atoms with Gasteiger partial charge in [0.25, 0.3) is 0 Å². The molecule has 1 fully saturated rings. The highest BCUT2D eigenvalue weighted by Gasteiger charge is 2.13. The van der Waals surface area contributed by atoms with E-state index in [0.29, 0.717) is 77.3 Å². The predicted octanol–water partition coefficient (Wildman–Crippen LogP) is 3.25. The van der Waals surface area contributed by atoms with Crippen molar-refractivity contribution in [2.24, 2.45) is 0 Å². The van der Waals surface area contributed by atoms with Crippen LogP contribution in [-0.4, -0.2) is 97.8 Å². The number of esters is 2. The molecule has 222 valence electrons. The van der Waals surface area contributed by atoms with Crippen molar-refractivity contribution in [1.29, 1.82) is 0 Å². The second-order valence-electron chi connectivity index (χ2n) is 9.28. The minimum absolute atomic E-state index is 0.345. The molecule has 0 atom stereocenters. The number of carbonyl (C=O) groups excluding carboxylic acids is 2. The zero-order valence-electron chi connectivity index (χ0n) is 23.4. The summed E-state index contributed by atoms with van der Waals surface area (Å²) >= 11 is 0. The van der Waals surface area contributed by atoms with Crippen molar-refractivity contribution in [1.82, 2.24) is 5.32 Å². The van der Waals surface area contributed by atoms with E-state index in [4.69, 9.17) is 28.1 Å². The summed E-state index contributed by atoms with van der Waals surface area (Å²) in [6, 6.07) is 14.9. The van der Waals surface area contributed by atoms with Crippen molar-refractivity contribution in [3.05, 3.63) is 54.1 Å². The van der Waals surface area contributed by atoms with Crippen molar-refractivity contribution >= 4 is 28.6 Å². The van der Waals surface area contributed by atoms with Gasteiger partial charge in [-0.25, -0.2) is 4.79 Å². The summed E-state index contributed by atoms with van der Waals surface area (Å²) in [6.07, 6.45) is 0. The first kappa shape index (κ1) is 30.5. The van der Waals surface area contributed by atoms with Crippen LogP contribution in [0.4, 0.5) is 5.69 Å². The molecule has 2 aromatic carbocycles. The van der Waals surface area contributed by atoms with Crippen molar-refractivity contribution in [3.8, 4) is 11.3 Å². The van der Waals surface area contributed by atoms with Crippen LogP contribution in [0.25, 0.3) is 22.3 Å². The van der Waals surface area contributed by atoms with Crippen LogP contribution >= 0.6 is 0 Å². The fourth-order valence-corrected chi connectivity index (χ4v) is 4.16. The van der Waals surface area contributed by atoms with Gasteiger partial charge in [0.05, 0.1) is 58.4 Å². The van der Waals surface area contributed by atoms with Crippen LogP contribution in [0.15, 0.2) is 52.9 Å². The molecule has 0 unspecified atom stereocenters. The average molecular weight is 571 g/mol. The Bertz CT molecular complexity index is 1210. The molecule has 1 aliphatic heterocycles. The molecule has 41 heavy (non-hydrogen) atoms. The second-order valence-corrected chi connectivity index (χ2v) is 9.28. The zero-order valence-corrected chi connectivity index (χ0v) is 23.4. The van der Waals surface area contributed by atoms with Gasteiger partial charge in [0.15, 0.2) is 0 Å². The summed E-state index contributed by atoms with van der Waals surface area (Å²) < 4.78 is 38.6. The maximum atomic E-state index is 12.1. The fourth-order valence-electron chi connectivity index (χ4n) is 4.16. The maximum absolute atomic E-state index is 12.1. The van der Waals surface area contributed by atoms with E-state index in [0.717, 1.165) is 35.3 Å². The third-order valence-corrected chi connectivity index (χ3v) is 6.33. The van der Waals surface area contributed by atoms with E-state index in [-0.39, 0.29) is 0 Å². The minimum Gasteiger partial charge on any atom is -0.456 e. The average Bonchev–Trinajstić information content (AvgIpc) is 3.40. The number of carbonyl (C=O) groups is 2. The Balaban J connectivity index is 1.39. The molecule has 0 amide bonds. The van der Waals surface area contributed by atoms with E-state index in [1.54, 1.807) is 24.3 Å². The van der Waals surface area contributed by atoms with E-state index in [1.807, 2.05) is 18.2 Å². The SMILES string of the molecule is CC(=O)OCOC(=O)c1ccc(-c2cc3ccc(N4CCOCCOCCNCCOCCOCC4)cc3o2)cc1. The van der Waals surface area contributed by atoms with Crippen molar-refractivity contribution in [2.45, 2.75) is 6.92 Å². The van der Waals surface area contributed by atoms with Gasteiger partial charge in [0.1, 0.15) is 11.3 Å². The molecular weight excluding hydrogens is 532 g/mol.